The molecule has 1 aliphatic heterocycles. The Morgan fingerprint density at radius 1 is 1.40 bits per heavy atom. The zero-order valence-electron chi connectivity index (χ0n) is 14.5. The number of nitrogens with one attached hydrogen (secondary N) is 1. The highest BCUT2D eigenvalue weighted by Crippen LogP contribution is 2.32. The lowest BCUT2D eigenvalue weighted by molar-refractivity contribution is 0.0273. The average Bonchev–Trinajstić information content (AvgIpc) is 2.93. The number of halogens is 1. The molecule has 0 saturated carbocycles. The molecule has 5 nitrogen and oxygen atoms in total. The predicted molar refractivity (Wildman–Crippen MR) is 93.4 cm³/mol. The van der Waals surface area contributed by atoms with Gasteiger partial charge >= 0.3 is 6.09 Å². The Labute approximate surface area is 145 Å². The molecule has 2 heterocycles. The summed E-state index contributed by atoms with van der Waals surface area (Å²) >= 11 is 0. The molecule has 25 heavy (non-hydrogen) atoms. The number of carbonyl (C=O) groups is 1. The van der Waals surface area contributed by atoms with Crippen LogP contribution in [0.4, 0.5) is 9.18 Å². The maximum atomic E-state index is 14.0. The number of fused-ring (bicyclic) bond motifs is 1. The van der Waals surface area contributed by atoms with Gasteiger partial charge in [-0.3, -0.25) is 0 Å². The van der Waals surface area contributed by atoms with Crippen LogP contribution >= 0.6 is 0 Å². The van der Waals surface area contributed by atoms with Crippen LogP contribution in [0.2, 0.25) is 0 Å². The lowest BCUT2D eigenvalue weighted by Crippen LogP contribution is -2.39. The number of hydrogen-bond acceptors (Lipinski definition) is 3. The summed E-state index contributed by atoms with van der Waals surface area (Å²) in [6, 6.07) is 6.84. The van der Waals surface area contributed by atoms with Gasteiger partial charge < -0.3 is 14.6 Å². The van der Waals surface area contributed by atoms with Crippen LogP contribution in [-0.4, -0.2) is 34.7 Å². The van der Waals surface area contributed by atoms with Crippen molar-refractivity contribution in [1.82, 2.24) is 9.88 Å². The lowest BCUT2D eigenvalue weighted by Gasteiger charge is -2.30. The second-order valence-electron chi connectivity index (χ2n) is 7.07. The van der Waals surface area contributed by atoms with Gasteiger partial charge in [0, 0.05) is 24.0 Å². The first-order valence-electron chi connectivity index (χ1n) is 8.18. The average molecular weight is 341 g/mol. The number of rotatable bonds is 1. The number of amides is 1. The van der Waals surface area contributed by atoms with Crippen LogP contribution in [0.1, 0.15) is 38.4 Å². The molecule has 2 aromatic rings. The first-order chi connectivity index (χ1) is 11.8. The van der Waals surface area contributed by atoms with E-state index in [-0.39, 0.29) is 6.09 Å². The normalized spacial score (nSPS) is 15.0. The van der Waals surface area contributed by atoms with Gasteiger partial charge in [0.25, 0.3) is 0 Å². The van der Waals surface area contributed by atoms with Crippen molar-refractivity contribution >= 4 is 22.6 Å². The molecule has 0 fully saturated rings. The Bertz CT molecular complexity index is 900. The molecule has 0 aliphatic carbocycles. The van der Waals surface area contributed by atoms with Gasteiger partial charge in [0.05, 0.1) is 5.52 Å². The topological polar surface area (TPSA) is 69.1 Å². The standard InChI is InChI=1S/C19H20FN3O2/c1-19(2,3)25-18(24)23-9-5-6-12(11-23)16-13-7-4-8-14(20)17(13)22-15(16)10-21/h4,6-8,22H,5,9,11H2,1-3H3. The summed E-state index contributed by atoms with van der Waals surface area (Å²) in [5, 5.41) is 10.1. The Kier molecular flexibility index (Phi) is 4.25. The number of carbonyl (C=O) groups excluding carboxylic acids is 1. The summed E-state index contributed by atoms with van der Waals surface area (Å²) in [4.78, 5) is 16.8. The minimum Gasteiger partial charge on any atom is -0.444 e. The van der Waals surface area contributed by atoms with E-state index < -0.39 is 11.4 Å². The van der Waals surface area contributed by atoms with Crippen LogP contribution in [0, 0.1) is 17.1 Å². The molecule has 0 bridgehead atoms. The van der Waals surface area contributed by atoms with Crippen molar-refractivity contribution in [3.05, 3.63) is 41.3 Å². The fourth-order valence-corrected chi connectivity index (χ4v) is 3.01. The van der Waals surface area contributed by atoms with Gasteiger partial charge in [-0.1, -0.05) is 18.2 Å². The maximum Gasteiger partial charge on any atom is 0.410 e. The fraction of sp³-hybridized carbons (Fsp3) is 0.368. The van der Waals surface area contributed by atoms with Gasteiger partial charge in [-0.15, -0.1) is 0 Å². The lowest BCUT2D eigenvalue weighted by atomic mass is 9.98. The van der Waals surface area contributed by atoms with Crippen molar-refractivity contribution in [3.63, 3.8) is 0 Å². The highest BCUT2D eigenvalue weighted by molar-refractivity contribution is 5.96. The summed E-state index contributed by atoms with van der Waals surface area (Å²) < 4.78 is 19.5. The van der Waals surface area contributed by atoms with Gasteiger partial charge in [0.1, 0.15) is 23.2 Å². The molecular weight excluding hydrogens is 321 g/mol. The number of hydrogen-bond donors (Lipinski definition) is 1. The third-order valence-electron chi connectivity index (χ3n) is 4.02. The van der Waals surface area contributed by atoms with E-state index in [4.69, 9.17) is 4.74 Å². The summed E-state index contributed by atoms with van der Waals surface area (Å²) in [5.41, 5.74) is 1.53. The van der Waals surface area contributed by atoms with Crippen LogP contribution < -0.4 is 0 Å². The number of para-hydroxylation sites is 1. The number of benzene rings is 1. The first-order valence-corrected chi connectivity index (χ1v) is 8.18. The summed E-state index contributed by atoms with van der Waals surface area (Å²) in [7, 11) is 0. The molecule has 1 aliphatic rings. The molecule has 0 radical (unpaired) electrons. The van der Waals surface area contributed by atoms with Gasteiger partial charge in [-0.25, -0.2) is 9.18 Å². The quantitative estimate of drug-likeness (QED) is 0.845. The minimum absolute atomic E-state index is 0.303. The second-order valence-corrected chi connectivity index (χ2v) is 7.07. The molecule has 1 amide bonds. The SMILES string of the molecule is CC(C)(C)OC(=O)N1CCC=C(c2c(C#N)[nH]c3c(F)cccc23)C1. The monoisotopic (exact) mass is 341 g/mol. The molecule has 3 rings (SSSR count). The first kappa shape index (κ1) is 17.0. The van der Waals surface area contributed by atoms with E-state index in [2.05, 4.69) is 11.1 Å². The van der Waals surface area contributed by atoms with Crippen molar-refractivity contribution in [2.75, 3.05) is 13.1 Å². The maximum absolute atomic E-state index is 14.0. The molecule has 0 unspecified atom stereocenters. The van der Waals surface area contributed by atoms with Crippen molar-refractivity contribution in [3.8, 4) is 6.07 Å². The number of ether oxygens (including phenoxy) is 1. The third-order valence-corrected chi connectivity index (χ3v) is 4.02. The Morgan fingerprint density at radius 3 is 2.84 bits per heavy atom. The number of H-pyrrole nitrogens is 1. The van der Waals surface area contributed by atoms with Crippen molar-refractivity contribution in [1.29, 1.82) is 5.26 Å². The van der Waals surface area contributed by atoms with Gasteiger partial charge in [0.15, 0.2) is 0 Å². The van der Waals surface area contributed by atoms with E-state index in [0.717, 1.165) is 5.57 Å². The molecule has 1 N–H and O–H groups in total. The minimum atomic E-state index is -0.569. The van der Waals surface area contributed by atoms with Gasteiger partial charge in [-0.05, 0) is 38.8 Å². The van der Waals surface area contributed by atoms with Crippen molar-refractivity contribution in [2.45, 2.75) is 32.8 Å². The zero-order chi connectivity index (χ0) is 18.2. The Hall–Kier alpha value is -2.81. The van der Waals surface area contributed by atoms with Gasteiger partial charge in [0.2, 0.25) is 0 Å². The Balaban J connectivity index is 1.96. The highest BCUT2D eigenvalue weighted by atomic mass is 19.1. The van der Waals surface area contributed by atoms with Crippen LogP contribution in [0.3, 0.4) is 0 Å². The molecule has 130 valence electrons. The fourth-order valence-electron chi connectivity index (χ4n) is 3.01. The molecule has 0 saturated heterocycles. The number of aromatic nitrogens is 1. The van der Waals surface area contributed by atoms with E-state index >= 15 is 0 Å². The molecule has 1 aromatic heterocycles. The Morgan fingerprint density at radius 2 is 2.16 bits per heavy atom. The van der Waals surface area contributed by atoms with Crippen LogP contribution in [0.25, 0.3) is 16.5 Å². The van der Waals surface area contributed by atoms with E-state index in [1.165, 1.54) is 6.07 Å². The van der Waals surface area contributed by atoms with Crippen molar-refractivity contribution < 1.29 is 13.9 Å². The van der Waals surface area contributed by atoms with Crippen LogP contribution in [-0.2, 0) is 4.74 Å². The second kappa shape index (κ2) is 6.25. The van der Waals surface area contributed by atoms with Crippen LogP contribution in [0.5, 0.6) is 0 Å². The van der Waals surface area contributed by atoms with Gasteiger partial charge in [-0.2, -0.15) is 5.26 Å². The highest BCUT2D eigenvalue weighted by Gasteiger charge is 2.27. The third kappa shape index (κ3) is 3.36. The molecule has 0 spiro atoms. The molecule has 0 atom stereocenters. The van der Waals surface area contributed by atoms with E-state index in [1.54, 1.807) is 17.0 Å². The van der Waals surface area contributed by atoms with Crippen molar-refractivity contribution in [2.24, 2.45) is 0 Å². The summed E-state index contributed by atoms with van der Waals surface area (Å²) in [5.74, 6) is -0.402. The smallest absolute Gasteiger partial charge is 0.410 e. The summed E-state index contributed by atoms with van der Waals surface area (Å²) in [6.45, 7) is 6.34. The predicted octanol–water partition coefficient (Wildman–Crippen LogP) is 4.20. The molecule has 1 aromatic carbocycles. The summed E-state index contributed by atoms with van der Waals surface area (Å²) in [6.07, 6.45) is 2.26. The van der Waals surface area contributed by atoms with E-state index in [1.807, 2.05) is 26.8 Å². The number of aromatic amines is 1. The largest absolute Gasteiger partial charge is 0.444 e. The molecular formula is C19H20FN3O2. The van der Waals surface area contributed by atoms with Crippen LogP contribution in [0.15, 0.2) is 24.3 Å². The van der Waals surface area contributed by atoms with E-state index in [9.17, 15) is 14.4 Å². The number of nitriles is 1. The number of nitrogens with zero attached hydrogens (tertiary/aromatic N) is 2. The van der Waals surface area contributed by atoms with E-state index in [0.29, 0.717) is 41.7 Å². The zero-order valence-corrected chi connectivity index (χ0v) is 14.5. The molecule has 6 heteroatoms.